The first-order valence-corrected chi connectivity index (χ1v) is 8.36. The number of benzene rings is 1. The van der Waals surface area contributed by atoms with Gasteiger partial charge in [0.2, 0.25) is 0 Å². The molecule has 0 saturated heterocycles. The van der Waals surface area contributed by atoms with Gasteiger partial charge in [0.1, 0.15) is 17.3 Å². The van der Waals surface area contributed by atoms with Crippen LogP contribution in [0.2, 0.25) is 0 Å². The van der Waals surface area contributed by atoms with E-state index in [4.69, 9.17) is 0 Å². The molecule has 1 aromatic rings. The van der Waals surface area contributed by atoms with Crippen LogP contribution in [0.25, 0.3) is 0 Å². The van der Waals surface area contributed by atoms with Crippen LogP contribution in [0.3, 0.4) is 0 Å². The Kier molecular flexibility index (Phi) is 4.05. The number of carbonyl (C=O) groups is 2. The number of hydrogen-bond acceptors (Lipinski definition) is 4. The van der Waals surface area contributed by atoms with Gasteiger partial charge in [-0.2, -0.15) is 0 Å². The zero-order valence-corrected chi connectivity index (χ0v) is 13.7. The summed E-state index contributed by atoms with van der Waals surface area (Å²) < 4.78 is 0. The highest BCUT2D eigenvalue weighted by molar-refractivity contribution is 5.93. The van der Waals surface area contributed by atoms with E-state index in [9.17, 15) is 19.8 Å². The van der Waals surface area contributed by atoms with E-state index in [0.29, 0.717) is 25.7 Å². The zero-order chi connectivity index (χ0) is 16.8. The molecule has 0 aromatic heterocycles. The highest BCUT2D eigenvalue weighted by Crippen LogP contribution is 2.52. The maximum atomic E-state index is 12.4. The summed E-state index contributed by atoms with van der Waals surface area (Å²) in [6.07, 6.45) is 1.78. The van der Waals surface area contributed by atoms with Crippen molar-refractivity contribution in [3.63, 3.8) is 0 Å². The number of phenols is 1. The fourth-order valence-electron chi connectivity index (χ4n) is 4.49. The number of Topliss-reactive ketones (excluding diaryl/α,β-unsaturated/α-hetero) is 2. The van der Waals surface area contributed by atoms with Gasteiger partial charge >= 0.3 is 0 Å². The molecule has 2 N–H and O–H groups in total. The quantitative estimate of drug-likeness (QED) is 0.899. The molecule has 0 bridgehead atoms. The Labute approximate surface area is 136 Å². The predicted molar refractivity (Wildman–Crippen MR) is 86.1 cm³/mol. The van der Waals surface area contributed by atoms with Crippen molar-refractivity contribution in [3.05, 3.63) is 29.3 Å². The Morgan fingerprint density at radius 3 is 2.78 bits per heavy atom. The lowest BCUT2D eigenvalue weighted by molar-refractivity contribution is -0.149. The molecule has 3 rings (SSSR count). The largest absolute Gasteiger partial charge is 0.508 e. The molecule has 124 valence electrons. The molecule has 2 saturated carbocycles. The van der Waals surface area contributed by atoms with E-state index in [1.807, 2.05) is 19.9 Å². The van der Waals surface area contributed by atoms with Crippen molar-refractivity contribution in [3.8, 4) is 5.75 Å². The molecule has 2 unspecified atom stereocenters. The molecular formula is C19H24O4. The van der Waals surface area contributed by atoms with Crippen LogP contribution in [0.4, 0.5) is 0 Å². The lowest BCUT2D eigenvalue weighted by Crippen LogP contribution is -2.51. The summed E-state index contributed by atoms with van der Waals surface area (Å²) in [6.45, 7) is 3.82. The third kappa shape index (κ3) is 2.59. The second-order valence-corrected chi connectivity index (χ2v) is 7.29. The van der Waals surface area contributed by atoms with Crippen LogP contribution in [-0.2, 0) is 16.0 Å². The minimum absolute atomic E-state index is 0.0520. The van der Waals surface area contributed by atoms with Gasteiger partial charge in [0.15, 0.2) is 0 Å². The molecule has 4 nitrogen and oxygen atoms in total. The second-order valence-electron chi connectivity index (χ2n) is 7.29. The van der Waals surface area contributed by atoms with E-state index in [0.717, 1.165) is 11.1 Å². The highest BCUT2D eigenvalue weighted by Gasteiger charge is 2.58. The van der Waals surface area contributed by atoms with Crippen molar-refractivity contribution in [1.82, 2.24) is 0 Å². The third-order valence-electron chi connectivity index (χ3n) is 6.10. The van der Waals surface area contributed by atoms with E-state index in [1.54, 1.807) is 12.1 Å². The van der Waals surface area contributed by atoms with Crippen LogP contribution in [0, 0.1) is 24.2 Å². The van der Waals surface area contributed by atoms with Gasteiger partial charge < -0.3 is 10.2 Å². The molecule has 0 aliphatic heterocycles. The van der Waals surface area contributed by atoms with Gasteiger partial charge in [-0.1, -0.05) is 6.07 Å². The van der Waals surface area contributed by atoms with Gasteiger partial charge in [0.05, 0.1) is 11.5 Å². The van der Waals surface area contributed by atoms with E-state index in [1.165, 1.54) is 0 Å². The number of carbonyl (C=O) groups excluding carboxylic acids is 2. The van der Waals surface area contributed by atoms with E-state index >= 15 is 0 Å². The Morgan fingerprint density at radius 2 is 2.04 bits per heavy atom. The summed E-state index contributed by atoms with van der Waals surface area (Å²) in [5.74, 6) is 0.186. The van der Waals surface area contributed by atoms with Gasteiger partial charge in [-0.05, 0) is 62.3 Å². The van der Waals surface area contributed by atoms with Gasteiger partial charge in [-0.15, -0.1) is 0 Å². The molecule has 0 radical (unpaired) electrons. The smallest absolute Gasteiger partial charge is 0.141 e. The first-order valence-electron chi connectivity index (χ1n) is 8.36. The number of aliphatic hydroxyl groups excluding tert-OH is 1. The van der Waals surface area contributed by atoms with E-state index in [-0.39, 0.29) is 35.6 Å². The Hall–Kier alpha value is -1.68. The van der Waals surface area contributed by atoms with Crippen LogP contribution in [0.5, 0.6) is 5.75 Å². The van der Waals surface area contributed by atoms with Crippen LogP contribution in [0.1, 0.15) is 43.7 Å². The van der Waals surface area contributed by atoms with E-state index < -0.39 is 11.5 Å². The number of rotatable bonds is 3. The monoisotopic (exact) mass is 316 g/mol. The molecule has 2 aliphatic carbocycles. The number of fused-ring (bicyclic) bond motifs is 1. The van der Waals surface area contributed by atoms with Crippen molar-refractivity contribution < 1.29 is 19.8 Å². The predicted octanol–water partition coefficient (Wildman–Crippen LogP) is 2.57. The number of hydrogen-bond donors (Lipinski definition) is 2. The standard InChI is InChI=1S/C19H24O4/c1-11-3-5-13(20)9-12(11)4-6-14-15-7-8-17(22)19(15,2)18(23)10-16(14)21/h3,5,9,14-15,18,20,23H,4,6-8,10H2,1-2H3/t14?,15-,18?,19-/m0/s1. The van der Waals surface area contributed by atoms with Crippen molar-refractivity contribution in [2.45, 2.75) is 52.1 Å². The molecule has 4 heteroatoms. The first-order chi connectivity index (χ1) is 10.8. The molecule has 23 heavy (non-hydrogen) atoms. The third-order valence-corrected chi connectivity index (χ3v) is 6.10. The van der Waals surface area contributed by atoms with Crippen molar-refractivity contribution in [1.29, 1.82) is 0 Å². The summed E-state index contributed by atoms with van der Waals surface area (Å²) in [5, 5.41) is 19.9. The van der Waals surface area contributed by atoms with Crippen LogP contribution in [0.15, 0.2) is 18.2 Å². The van der Waals surface area contributed by atoms with Gasteiger partial charge in [-0.3, -0.25) is 9.59 Å². The van der Waals surface area contributed by atoms with Gasteiger partial charge in [-0.25, -0.2) is 0 Å². The molecular weight excluding hydrogens is 292 g/mol. The van der Waals surface area contributed by atoms with Crippen LogP contribution < -0.4 is 0 Å². The van der Waals surface area contributed by atoms with Gasteiger partial charge in [0.25, 0.3) is 0 Å². The maximum absolute atomic E-state index is 12.4. The molecule has 0 spiro atoms. The minimum atomic E-state index is -0.839. The summed E-state index contributed by atoms with van der Waals surface area (Å²) in [6, 6.07) is 5.28. The number of aromatic hydroxyl groups is 1. The molecule has 2 fully saturated rings. The average Bonchev–Trinajstić information content (AvgIpc) is 2.80. The Bertz CT molecular complexity index is 651. The molecule has 1 aromatic carbocycles. The molecule has 2 aliphatic rings. The lowest BCUT2D eigenvalue weighted by atomic mass is 9.61. The highest BCUT2D eigenvalue weighted by atomic mass is 16.3. The first kappa shape index (κ1) is 16.2. The summed E-state index contributed by atoms with van der Waals surface area (Å²) in [7, 11) is 0. The Balaban J connectivity index is 1.80. The van der Waals surface area contributed by atoms with Crippen molar-refractivity contribution >= 4 is 11.6 Å². The number of ketones is 2. The fourth-order valence-corrected chi connectivity index (χ4v) is 4.49. The normalized spacial score (nSPS) is 33.8. The van der Waals surface area contributed by atoms with Crippen molar-refractivity contribution in [2.24, 2.45) is 17.3 Å². The summed E-state index contributed by atoms with van der Waals surface area (Å²) in [4.78, 5) is 24.7. The SMILES string of the molecule is Cc1ccc(O)cc1CCC1C(=O)CC(O)[C@]2(C)C(=O)CC[C@@H]12. The van der Waals surface area contributed by atoms with Crippen LogP contribution >= 0.6 is 0 Å². The van der Waals surface area contributed by atoms with Crippen molar-refractivity contribution in [2.75, 3.05) is 0 Å². The summed E-state index contributed by atoms with van der Waals surface area (Å²) >= 11 is 0. The maximum Gasteiger partial charge on any atom is 0.141 e. The molecule has 0 heterocycles. The molecule has 4 atom stereocenters. The fraction of sp³-hybridized carbons (Fsp3) is 0.579. The van der Waals surface area contributed by atoms with E-state index in [2.05, 4.69) is 0 Å². The number of aliphatic hydroxyl groups is 1. The average molecular weight is 316 g/mol. The lowest BCUT2D eigenvalue weighted by Gasteiger charge is -2.43. The van der Waals surface area contributed by atoms with Gasteiger partial charge in [0, 0.05) is 18.8 Å². The number of phenolic OH excluding ortho intramolecular Hbond substituents is 1. The number of aryl methyl sites for hydroxylation is 2. The topological polar surface area (TPSA) is 74.6 Å². The minimum Gasteiger partial charge on any atom is -0.508 e. The Morgan fingerprint density at radius 1 is 1.30 bits per heavy atom. The summed E-state index contributed by atoms with van der Waals surface area (Å²) in [5.41, 5.74) is 1.37. The zero-order valence-electron chi connectivity index (χ0n) is 13.7. The second kappa shape index (κ2) is 5.75. The van der Waals surface area contributed by atoms with Crippen LogP contribution in [-0.4, -0.2) is 27.9 Å². The molecule has 0 amide bonds.